The lowest BCUT2D eigenvalue weighted by atomic mass is 10.2. The Morgan fingerprint density at radius 1 is 1.33 bits per heavy atom. The van der Waals surface area contributed by atoms with Gasteiger partial charge in [0.2, 0.25) is 0 Å². The molecule has 1 unspecified atom stereocenters. The van der Waals surface area contributed by atoms with Gasteiger partial charge in [-0.3, -0.25) is 9.89 Å². The zero-order valence-corrected chi connectivity index (χ0v) is 14.6. The summed E-state index contributed by atoms with van der Waals surface area (Å²) in [7, 11) is 6.19. The molecular formula is C12H28IN5. The van der Waals surface area contributed by atoms with Crippen LogP contribution in [-0.2, 0) is 0 Å². The lowest BCUT2D eigenvalue weighted by Crippen LogP contribution is -2.55. The van der Waals surface area contributed by atoms with Gasteiger partial charge in [0.25, 0.3) is 0 Å². The summed E-state index contributed by atoms with van der Waals surface area (Å²) in [6.07, 6.45) is 0. The molecule has 0 aromatic heterocycles. The SMILES string of the molecule is CN=C(NCC1CN(C)CCN1C)NC(C)C.I. The Kier molecular flexibility index (Phi) is 8.89. The highest BCUT2D eigenvalue weighted by molar-refractivity contribution is 14.0. The second kappa shape index (κ2) is 8.92. The van der Waals surface area contributed by atoms with Gasteiger partial charge in [-0.05, 0) is 27.9 Å². The average Bonchev–Trinajstić information content (AvgIpc) is 2.28. The zero-order valence-electron chi connectivity index (χ0n) is 12.2. The molecule has 0 radical (unpaired) electrons. The summed E-state index contributed by atoms with van der Waals surface area (Å²) < 4.78 is 0. The fourth-order valence-electron chi connectivity index (χ4n) is 2.00. The Bertz CT molecular complexity index is 257. The first kappa shape index (κ1) is 17.9. The Labute approximate surface area is 128 Å². The number of rotatable bonds is 3. The number of hydrogen-bond donors (Lipinski definition) is 2. The molecule has 1 aliphatic heterocycles. The van der Waals surface area contributed by atoms with Gasteiger partial charge in [-0.15, -0.1) is 24.0 Å². The van der Waals surface area contributed by atoms with Crippen molar-refractivity contribution in [2.75, 3.05) is 47.3 Å². The highest BCUT2D eigenvalue weighted by Gasteiger charge is 2.21. The number of hydrogen-bond acceptors (Lipinski definition) is 3. The van der Waals surface area contributed by atoms with Crippen molar-refractivity contribution < 1.29 is 0 Å². The van der Waals surface area contributed by atoms with E-state index in [2.05, 4.69) is 53.4 Å². The second-order valence-corrected chi connectivity index (χ2v) is 5.15. The minimum absolute atomic E-state index is 0. The van der Waals surface area contributed by atoms with Crippen LogP contribution in [0.2, 0.25) is 0 Å². The third kappa shape index (κ3) is 6.19. The third-order valence-electron chi connectivity index (χ3n) is 3.13. The summed E-state index contributed by atoms with van der Waals surface area (Å²) in [4.78, 5) is 9.01. The minimum atomic E-state index is 0. The molecule has 0 aliphatic carbocycles. The van der Waals surface area contributed by atoms with Gasteiger partial charge in [0.15, 0.2) is 5.96 Å². The van der Waals surface area contributed by atoms with Crippen LogP contribution in [0, 0.1) is 0 Å². The Morgan fingerprint density at radius 3 is 2.56 bits per heavy atom. The summed E-state index contributed by atoms with van der Waals surface area (Å²) in [6, 6.07) is 0.965. The molecule has 1 aliphatic rings. The van der Waals surface area contributed by atoms with Crippen molar-refractivity contribution in [1.82, 2.24) is 20.4 Å². The van der Waals surface area contributed by atoms with Gasteiger partial charge in [0, 0.05) is 45.3 Å². The van der Waals surface area contributed by atoms with E-state index in [0.717, 1.165) is 32.1 Å². The van der Waals surface area contributed by atoms with Crippen LogP contribution in [0.5, 0.6) is 0 Å². The Hall–Kier alpha value is -0.0800. The Morgan fingerprint density at radius 2 is 2.00 bits per heavy atom. The molecule has 0 amide bonds. The zero-order chi connectivity index (χ0) is 12.8. The van der Waals surface area contributed by atoms with Gasteiger partial charge in [0.1, 0.15) is 0 Å². The molecule has 1 rings (SSSR count). The van der Waals surface area contributed by atoms with E-state index in [1.165, 1.54) is 0 Å². The molecular weight excluding hydrogens is 341 g/mol. The molecule has 0 aromatic carbocycles. The van der Waals surface area contributed by atoms with E-state index in [1.807, 2.05) is 7.05 Å². The van der Waals surface area contributed by atoms with Crippen molar-refractivity contribution in [3.8, 4) is 0 Å². The highest BCUT2D eigenvalue weighted by atomic mass is 127. The number of halogens is 1. The van der Waals surface area contributed by atoms with E-state index in [9.17, 15) is 0 Å². The number of likely N-dealkylation sites (N-methyl/N-ethyl adjacent to an activating group) is 2. The van der Waals surface area contributed by atoms with Crippen molar-refractivity contribution in [3.63, 3.8) is 0 Å². The number of guanidine groups is 1. The largest absolute Gasteiger partial charge is 0.355 e. The van der Waals surface area contributed by atoms with Crippen LogP contribution >= 0.6 is 24.0 Å². The Balaban J connectivity index is 0.00000289. The summed E-state index contributed by atoms with van der Waals surface area (Å²) in [5.74, 6) is 0.890. The first-order chi connectivity index (χ1) is 8.02. The fourth-order valence-corrected chi connectivity index (χ4v) is 2.00. The first-order valence-electron chi connectivity index (χ1n) is 6.39. The average molecular weight is 369 g/mol. The third-order valence-corrected chi connectivity index (χ3v) is 3.13. The van der Waals surface area contributed by atoms with E-state index >= 15 is 0 Å². The van der Waals surface area contributed by atoms with Gasteiger partial charge in [-0.1, -0.05) is 0 Å². The van der Waals surface area contributed by atoms with Crippen LogP contribution in [0.1, 0.15) is 13.8 Å². The van der Waals surface area contributed by atoms with Crippen LogP contribution in [0.3, 0.4) is 0 Å². The van der Waals surface area contributed by atoms with Gasteiger partial charge in [-0.2, -0.15) is 0 Å². The van der Waals surface area contributed by atoms with E-state index in [0.29, 0.717) is 12.1 Å². The second-order valence-electron chi connectivity index (χ2n) is 5.15. The van der Waals surface area contributed by atoms with E-state index in [4.69, 9.17) is 0 Å². The predicted molar refractivity (Wildman–Crippen MR) is 89.0 cm³/mol. The molecule has 0 bridgehead atoms. The van der Waals surface area contributed by atoms with Crippen molar-refractivity contribution >= 4 is 29.9 Å². The van der Waals surface area contributed by atoms with E-state index in [-0.39, 0.29) is 24.0 Å². The predicted octanol–water partition coefficient (Wildman–Crippen LogP) is 0.424. The maximum absolute atomic E-state index is 4.22. The van der Waals surface area contributed by atoms with Gasteiger partial charge >= 0.3 is 0 Å². The summed E-state index contributed by atoms with van der Waals surface area (Å²) in [5.41, 5.74) is 0. The molecule has 18 heavy (non-hydrogen) atoms. The monoisotopic (exact) mass is 369 g/mol. The number of nitrogens with one attached hydrogen (secondary N) is 2. The molecule has 1 saturated heterocycles. The smallest absolute Gasteiger partial charge is 0.191 e. The summed E-state index contributed by atoms with van der Waals surface area (Å²) in [5, 5.41) is 6.69. The molecule has 6 heteroatoms. The van der Waals surface area contributed by atoms with Crippen molar-refractivity contribution in [3.05, 3.63) is 0 Å². The fraction of sp³-hybridized carbons (Fsp3) is 0.917. The quantitative estimate of drug-likeness (QED) is 0.430. The summed E-state index contributed by atoms with van der Waals surface area (Å²) >= 11 is 0. The molecule has 0 aromatic rings. The first-order valence-corrected chi connectivity index (χ1v) is 6.39. The van der Waals surface area contributed by atoms with Crippen molar-refractivity contribution in [2.45, 2.75) is 25.9 Å². The molecule has 0 spiro atoms. The number of aliphatic imine (C=N–C) groups is 1. The number of piperazine rings is 1. The molecule has 5 nitrogen and oxygen atoms in total. The lowest BCUT2D eigenvalue weighted by molar-refractivity contribution is 0.116. The minimum Gasteiger partial charge on any atom is -0.355 e. The standard InChI is InChI=1S/C12H27N5.HI/c1-10(2)15-12(13-3)14-8-11-9-16(4)6-7-17(11)5;/h10-11H,6-9H2,1-5H3,(H2,13,14,15);1H. The van der Waals surface area contributed by atoms with Gasteiger partial charge in [-0.25, -0.2) is 0 Å². The molecule has 0 saturated carbocycles. The van der Waals surface area contributed by atoms with E-state index < -0.39 is 0 Å². The maximum atomic E-state index is 4.22. The van der Waals surface area contributed by atoms with Crippen LogP contribution in [0.15, 0.2) is 4.99 Å². The van der Waals surface area contributed by atoms with Gasteiger partial charge < -0.3 is 15.5 Å². The van der Waals surface area contributed by atoms with Crippen LogP contribution in [0.4, 0.5) is 0 Å². The normalized spacial score (nSPS) is 22.8. The molecule has 2 N–H and O–H groups in total. The highest BCUT2D eigenvalue weighted by Crippen LogP contribution is 2.04. The molecule has 1 fully saturated rings. The van der Waals surface area contributed by atoms with Gasteiger partial charge in [0.05, 0.1) is 0 Å². The van der Waals surface area contributed by atoms with Crippen molar-refractivity contribution in [2.24, 2.45) is 4.99 Å². The van der Waals surface area contributed by atoms with Crippen molar-refractivity contribution in [1.29, 1.82) is 0 Å². The van der Waals surface area contributed by atoms with Crippen LogP contribution < -0.4 is 10.6 Å². The molecule has 1 atom stereocenters. The van der Waals surface area contributed by atoms with Crippen LogP contribution in [0.25, 0.3) is 0 Å². The number of nitrogens with zero attached hydrogens (tertiary/aromatic N) is 3. The lowest BCUT2D eigenvalue weighted by Gasteiger charge is -2.38. The molecule has 108 valence electrons. The van der Waals surface area contributed by atoms with Crippen LogP contribution in [-0.4, -0.2) is 75.2 Å². The molecule has 1 heterocycles. The maximum Gasteiger partial charge on any atom is 0.191 e. The topological polar surface area (TPSA) is 42.9 Å². The van der Waals surface area contributed by atoms with E-state index in [1.54, 1.807) is 0 Å². The summed E-state index contributed by atoms with van der Waals surface area (Å²) in [6.45, 7) is 8.58.